The molecule has 1 atom stereocenters. The number of aliphatic hydroxyl groups excluding tert-OH is 2. The van der Waals surface area contributed by atoms with Crippen molar-refractivity contribution in [2.75, 3.05) is 0 Å². The van der Waals surface area contributed by atoms with Gasteiger partial charge in [0.1, 0.15) is 0 Å². The highest BCUT2D eigenvalue weighted by Gasteiger charge is 2.20. The van der Waals surface area contributed by atoms with Crippen molar-refractivity contribution in [2.45, 2.75) is 25.6 Å². The molecule has 5 nitrogen and oxygen atoms in total. The minimum atomic E-state index is -1.65. The number of hydrogen-bond acceptors (Lipinski definition) is 4. The van der Waals surface area contributed by atoms with E-state index >= 15 is 0 Å². The van der Waals surface area contributed by atoms with Gasteiger partial charge in [-0.3, -0.25) is 0 Å². The molecule has 0 spiro atoms. The van der Waals surface area contributed by atoms with Gasteiger partial charge >= 0.3 is 5.97 Å². The second kappa shape index (κ2) is 5.99. The van der Waals surface area contributed by atoms with Gasteiger partial charge in [0.2, 0.25) is 0 Å². The molecule has 0 aromatic heterocycles. The Morgan fingerprint density at radius 1 is 1.47 bits per heavy atom. The summed E-state index contributed by atoms with van der Waals surface area (Å²) >= 11 is 0. The molecule has 0 heterocycles. The van der Waals surface area contributed by atoms with Gasteiger partial charge < -0.3 is 15.3 Å². The number of carboxylic acid groups (broad SMARTS) is 1. The normalized spacial score (nSPS) is 11.8. The standard InChI is InChI=1S/C12H13NO4/c13-6-2-4-8-3-1-5-9(10(8)7-14)11(15)12(16)17/h1,3,5,11,14-15H,2,4,7H2,(H,16,17). The van der Waals surface area contributed by atoms with Crippen LogP contribution in [-0.4, -0.2) is 21.3 Å². The summed E-state index contributed by atoms with van der Waals surface area (Å²) in [6, 6.07) is 6.75. The van der Waals surface area contributed by atoms with Gasteiger partial charge in [-0.15, -0.1) is 0 Å². The van der Waals surface area contributed by atoms with E-state index in [-0.39, 0.29) is 18.6 Å². The van der Waals surface area contributed by atoms with E-state index in [0.29, 0.717) is 17.5 Å². The average Bonchev–Trinajstić information content (AvgIpc) is 2.34. The first-order valence-electron chi connectivity index (χ1n) is 5.11. The van der Waals surface area contributed by atoms with E-state index in [0.717, 1.165) is 0 Å². The van der Waals surface area contributed by atoms with Gasteiger partial charge in [0.15, 0.2) is 6.10 Å². The van der Waals surface area contributed by atoms with Crippen LogP contribution in [0.4, 0.5) is 0 Å². The summed E-state index contributed by atoms with van der Waals surface area (Å²) in [6.07, 6.45) is -0.953. The lowest BCUT2D eigenvalue weighted by Gasteiger charge is -2.14. The number of carboxylic acids is 1. The predicted molar refractivity (Wildman–Crippen MR) is 58.9 cm³/mol. The fourth-order valence-corrected chi connectivity index (χ4v) is 1.66. The highest BCUT2D eigenvalue weighted by atomic mass is 16.4. The van der Waals surface area contributed by atoms with Crippen molar-refractivity contribution in [3.8, 4) is 6.07 Å². The molecule has 0 aliphatic heterocycles. The molecule has 0 fully saturated rings. The maximum Gasteiger partial charge on any atom is 0.337 e. The first-order valence-corrected chi connectivity index (χ1v) is 5.11. The number of aliphatic hydroxyl groups is 2. The van der Waals surface area contributed by atoms with Gasteiger partial charge in [0, 0.05) is 6.42 Å². The van der Waals surface area contributed by atoms with E-state index < -0.39 is 12.1 Å². The first kappa shape index (κ1) is 13.2. The second-order valence-electron chi connectivity index (χ2n) is 3.54. The number of nitrogens with zero attached hydrogens (tertiary/aromatic N) is 1. The third-order valence-corrected chi connectivity index (χ3v) is 2.50. The lowest BCUT2D eigenvalue weighted by molar-refractivity contribution is -0.147. The number of carbonyl (C=O) groups is 1. The van der Waals surface area contributed by atoms with Crippen LogP contribution in [0.3, 0.4) is 0 Å². The zero-order valence-corrected chi connectivity index (χ0v) is 9.13. The fraction of sp³-hybridized carbons (Fsp3) is 0.333. The van der Waals surface area contributed by atoms with Crippen molar-refractivity contribution in [2.24, 2.45) is 0 Å². The topological polar surface area (TPSA) is 102 Å². The number of aliphatic carboxylic acids is 1. The minimum Gasteiger partial charge on any atom is -0.479 e. The Balaban J connectivity index is 3.14. The van der Waals surface area contributed by atoms with Crippen LogP contribution in [0.5, 0.6) is 0 Å². The summed E-state index contributed by atoms with van der Waals surface area (Å²) < 4.78 is 0. The number of nitriles is 1. The molecule has 5 heteroatoms. The Labute approximate surface area is 98.6 Å². The van der Waals surface area contributed by atoms with Gasteiger partial charge in [-0.05, 0) is 23.1 Å². The summed E-state index contributed by atoms with van der Waals surface area (Å²) in [5.74, 6) is -1.36. The lowest BCUT2D eigenvalue weighted by atomic mass is 9.95. The van der Waals surface area contributed by atoms with Gasteiger partial charge in [-0.1, -0.05) is 18.2 Å². The maximum absolute atomic E-state index is 10.7. The largest absolute Gasteiger partial charge is 0.479 e. The molecule has 0 saturated carbocycles. The molecule has 0 aliphatic rings. The van der Waals surface area contributed by atoms with Crippen molar-refractivity contribution in [1.82, 2.24) is 0 Å². The van der Waals surface area contributed by atoms with Gasteiger partial charge in [-0.25, -0.2) is 4.79 Å². The SMILES string of the molecule is N#CCCc1cccc(C(O)C(=O)O)c1CO. The van der Waals surface area contributed by atoms with E-state index in [1.807, 2.05) is 6.07 Å². The lowest BCUT2D eigenvalue weighted by Crippen LogP contribution is -2.14. The second-order valence-corrected chi connectivity index (χ2v) is 3.54. The Bertz CT molecular complexity index is 450. The quantitative estimate of drug-likeness (QED) is 0.699. The van der Waals surface area contributed by atoms with Crippen LogP contribution < -0.4 is 0 Å². The smallest absolute Gasteiger partial charge is 0.337 e. The molecule has 1 aromatic rings. The molecular weight excluding hydrogens is 222 g/mol. The van der Waals surface area contributed by atoms with Crippen LogP contribution >= 0.6 is 0 Å². The molecule has 0 radical (unpaired) electrons. The van der Waals surface area contributed by atoms with Crippen molar-refractivity contribution in [3.63, 3.8) is 0 Å². The van der Waals surface area contributed by atoms with Crippen LogP contribution in [0.1, 0.15) is 29.2 Å². The van der Waals surface area contributed by atoms with Gasteiger partial charge in [0.25, 0.3) is 0 Å². The zero-order chi connectivity index (χ0) is 12.8. The maximum atomic E-state index is 10.7. The Morgan fingerprint density at radius 3 is 2.71 bits per heavy atom. The third-order valence-electron chi connectivity index (χ3n) is 2.50. The van der Waals surface area contributed by atoms with Crippen LogP contribution in [0.15, 0.2) is 18.2 Å². The number of rotatable bonds is 5. The molecule has 0 saturated heterocycles. The Morgan fingerprint density at radius 2 is 2.18 bits per heavy atom. The van der Waals surface area contributed by atoms with Crippen LogP contribution in [0.2, 0.25) is 0 Å². The molecular formula is C12H13NO4. The average molecular weight is 235 g/mol. The predicted octanol–water partition coefficient (Wildman–Crippen LogP) is 0.753. The van der Waals surface area contributed by atoms with E-state index in [4.69, 9.17) is 10.4 Å². The fourth-order valence-electron chi connectivity index (χ4n) is 1.66. The molecule has 17 heavy (non-hydrogen) atoms. The summed E-state index contributed by atoms with van der Waals surface area (Å²) in [7, 11) is 0. The molecule has 1 rings (SSSR count). The summed E-state index contributed by atoms with van der Waals surface area (Å²) in [4.78, 5) is 10.7. The third kappa shape index (κ3) is 3.03. The highest BCUT2D eigenvalue weighted by Crippen LogP contribution is 2.23. The molecule has 0 aliphatic carbocycles. The Kier molecular flexibility index (Phi) is 4.64. The van der Waals surface area contributed by atoms with E-state index in [2.05, 4.69) is 0 Å². The van der Waals surface area contributed by atoms with Crippen LogP contribution in [-0.2, 0) is 17.8 Å². The monoisotopic (exact) mass is 235 g/mol. The Hall–Kier alpha value is -1.90. The zero-order valence-electron chi connectivity index (χ0n) is 9.13. The van der Waals surface area contributed by atoms with E-state index in [1.54, 1.807) is 12.1 Å². The molecule has 0 amide bonds. The molecule has 1 aromatic carbocycles. The number of hydrogen-bond donors (Lipinski definition) is 3. The van der Waals surface area contributed by atoms with E-state index in [9.17, 15) is 15.0 Å². The molecule has 3 N–H and O–H groups in total. The molecule has 0 bridgehead atoms. The summed E-state index contributed by atoms with van der Waals surface area (Å²) in [5.41, 5.74) is 1.25. The van der Waals surface area contributed by atoms with Gasteiger partial charge in [-0.2, -0.15) is 5.26 Å². The highest BCUT2D eigenvalue weighted by molar-refractivity contribution is 5.74. The van der Waals surface area contributed by atoms with Crippen molar-refractivity contribution >= 4 is 5.97 Å². The number of benzene rings is 1. The minimum absolute atomic E-state index is 0.176. The van der Waals surface area contributed by atoms with Crippen molar-refractivity contribution in [1.29, 1.82) is 5.26 Å². The summed E-state index contributed by atoms with van der Waals surface area (Å²) in [5, 5.41) is 36.0. The van der Waals surface area contributed by atoms with Crippen LogP contribution in [0, 0.1) is 11.3 Å². The molecule has 1 unspecified atom stereocenters. The van der Waals surface area contributed by atoms with E-state index in [1.165, 1.54) is 6.07 Å². The van der Waals surface area contributed by atoms with Crippen molar-refractivity contribution < 1.29 is 20.1 Å². The summed E-state index contributed by atoms with van der Waals surface area (Å²) in [6.45, 7) is -0.360. The van der Waals surface area contributed by atoms with Crippen molar-refractivity contribution in [3.05, 3.63) is 34.9 Å². The molecule has 90 valence electrons. The first-order chi connectivity index (χ1) is 8.11. The van der Waals surface area contributed by atoms with Crippen LogP contribution in [0.25, 0.3) is 0 Å². The number of aryl methyl sites for hydroxylation is 1. The van der Waals surface area contributed by atoms with Gasteiger partial charge in [0.05, 0.1) is 12.7 Å².